The molecule has 1 aliphatic rings. The summed E-state index contributed by atoms with van der Waals surface area (Å²) in [5.41, 5.74) is -0.198. The lowest BCUT2D eigenvalue weighted by Gasteiger charge is -2.40. The van der Waals surface area contributed by atoms with Gasteiger partial charge in [-0.15, -0.1) is 10.2 Å². The van der Waals surface area contributed by atoms with Crippen molar-refractivity contribution in [3.8, 4) is 6.07 Å². The van der Waals surface area contributed by atoms with E-state index in [0.717, 1.165) is 5.82 Å². The normalized spacial score (nSPS) is 18.8. The lowest BCUT2D eigenvalue weighted by Crippen LogP contribution is -2.55. The SMILES string of the molecule is C[C@@H]1CN(c2ccc(C#N)nn2)CCN1C(=O)OC(C)(C)C. The van der Waals surface area contributed by atoms with E-state index in [1.807, 2.05) is 33.8 Å². The molecule has 0 bridgehead atoms. The fourth-order valence-corrected chi connectivity index (χ4v) is 2.31. The van der Waals surface area contributed by atoms with Gasteiger partial charge in [-0.05, 0) is 39.8 Å². The first-order valence-corrected chi connectivity index (χ1v) is 7.28. The van der Waals surface area contributed by atoms with Crippen LogP contribution in [-0.2, 0) is 4.74 Å². The highest BCUT2D eigenvalue weighted by Crippen LogP contribution is 2.19. The Labute approximate surface area is 130 Å². The predicted octanol–water partition coefficient (Wildman–Crippen LogP) is 1.79. The molecule has 0 spiro atoms. The first-order valence-electron chi connectivity index (χ1n) is 7.28. The van der Waals surface area contributed by atoms with Crippen molar-refractivity contribution in [1.82, 2.24) is 15.1 Å². The molecule has 1 aliphatic heterocycles. The Bertz CT molecular complexity index is 573. The van der Waals surface area contributed by atoms with E-state index in [4.69, 9.17) is 10.00 Å². The van der Waals surface area contributed by atoms with Crippen LogP contribution in [0, 0.1) is 11.3 Å². The molecule has 1 fully saturated rings. The van der Waals surface area contributed by atoms with Crippen molar-refractivity contribution < 1.29 is 9.53 Å². The number of piperazine rings is 1. The third-order valence-electron chi connectivity index (χ3n) is 3.34. The van der Waals surface area contributed by atoms with Gasteiger partial charge in [0.2, 0.25) is 0 Å². The van der Waals surface area contributed by atoms with Crippen molar-refractivity contribution in [2.45, 2.75) is 39.3 Å². The van der Waals surface area contributed by atoms with Crippen molar-refractivity contribution in [2.24, 2.45) is 0 Å². The molecular weight excluding hydrogens is 282 g/mol. The molecule has 2 heterocycles. The number of anilines is 1. The van der Waals surface area contributed by atoms with Gasteiger partial charge in [0.1, 0.15) is 11.7 Å². The van der Waals surface area contributed by atoms with E-state index in [1.165, 1.54) is 0 Å². The number of carbonyl (C=O) groups is 1. The average Bonchev–Trinajstić information content (AvgIpc) is 2.45. The molecule has 0 radical (unpaired) electrons. The largest absolute Gasteiger partial charge is 0.444 e. The Hall–Kier alpha value is -2.36. The molecule has 22 heavy (non-hydrogen) atoms. The molecule has 0 aliphatic carbocycles. The topological polar surface area (TPSA) is 82.4 Å². The molecular formula is C15H21N5O2. The summed E-state index contributed by atoms with van der Waals surface area (Å²) in [5.74, 6) is 0.717. The predicted molar refractivity (Wildman–Crippen MR) is 81.4 cm³/mol. The molecule has 7 heteroatoms. The third kappa shape index (κ3) is 3.85. The van der Waals surface area contributed by atoms with Crippen LogP contribution in [0.5, 0.6) is 0 Å². The summed E-state index contributed by atoms with van der Waals surface area (Å²) in [6, 6.07) is 5.39. The summed E-state index contributed by atoms with van der Waals surface area (Å²) in [6.45, 7) is 9.43. The Morgan fingerprint density at radius 3 is 2.59 bits per heavy atom. The number of ether oxygens (including phenoxy) is 1. The van der Waals surface area contributed by atoms with Crippen LogP contribution in [0.15, 0.2) is 12.1 Å². The molecule has 1 atom stereocenters. The van der Waals surface area contributed by atoms with Gasteiger partial charge in [-0.2, -0.15) is 5.26 Å². The van der Waals surface area contributed by atoms with E-state index in [1.54, 1.807) is 17.0 Å². The van der Waals surface area contributed by atoms with E-state index in [-0.39, 0.29) is 12.1 Å². The molecule has 1 aromatic heterocycles. The molecule has 0 unspecified atom stereocenters. The first-order chi connectivity index (χ1) is 10.3. The van der Waals surface area contributed by atoms with E-state index >= 15 is 0 Å². The molecule has 2 rings (SSSR count). The number of amides is 1. The summed E-state index contributed by atoms with van der Waals surface area (Å²) < 4.78 is 5.42. The van der Waals surface area contributed by atoms with Crippen LogP contribution in [0.4, 0.5) is 10.6 Å². The standard InChI is InChI=1S/C15H21N5O2/c1-11-10-19(13-6-5-12(9-16)17-18-13)7-8-20(11)14(21)22-15(2,3)4/h5-6,11H,7-8,10H2,1-4H3/t11-/m1/s1. The second-order valence-electron chi connectivity index (χ2n) is 6.36. The minimum absolute atomic E-state index is 0.0149. The molecule has 1 aromatic rings. The van der Waals surface area contributed by atoms with Gasteiger partial charge in [-0.25, -0.2) is 4.79 Å². The number of hydrogen-bond donors (Lipinski definition) is 0. The zero-order valence-electron chi connectivity index (χ0n) is 13.4. The molecule has 118 valence electrons. The maximum Gasteiger partial charge on any atom is 0.410 e. The highest BCUT2D eigenvalue weighted by atomic mass is 16.6. The van der Waals surface area contributed by atoms with Crippen molar-refractivity contribution in [3.05, 3.63) is 17.8 Å². The zero-order valence-corrected chi connectivity index (χ0v) is 13.4. The maximum absolute atomic E-state index is 12.2. The second-order valence-corrected chi connectivity index (χ2v) is 6.36. The zero-order chi connectivity index (χ0) is 16.3. The van der Waals surface area contributed by atoms with Crippen LogP contribution < -0.4 is 4.90 Å². The van der Waals surface area contributed by atoms with Crippen molar-refractivity contribution in [3.63, 3.8) is 0 Å². The van der Waals surface area contributed by atoms with Crippen LogP contribution in [0.2, 0.25) is 0 Å². The molecule has 1 amide bonds. The van der Waals surface area contributed by atoms with Gasteiger partial charge in [0, 0.05) is 25.7 Å². The van der Waals surface area contributed by atoms with Gasteiger partial charge in [-0.1, -0.05) is 0 Å². The minimum atomic E-state index is -0.494. The van der Waals surface area contributed by atoms with Gasteiger partial charge < -0.3 is 14.5 Å². The van der Waals surface area contributed by atoms with Gasteiger partial charge in [-0.3, -0.25) is 0 Å². The summed E-state index contributed by atoms with van der Waals surface area (Å²) in [7, 11) is 0. The molecule has 0 aromatic carbocycles. The number of nitriles is 1. The number of rotatable bonds is 1. The first kappa shape index (κ1) is 16.0. The van der Waals surface area contributed by atoms with Gasteiger partial charge in [0.15, 0.2) is 11.5 Å². The Morgan fingerprint density at radius 1 is 1.36 bits per heavy atom. The average molecular weight is 303 g/mol. The third-order valence-corrected chi connectivity index (χ3v) is 3.34. The van der Waals surface area contributed by atoms with Crippen LogP contribution in [0.25, 0.3) is 0 Å². The smallest absolute Gasteiger partial charge is 0.410 e. The molecule has 0 N–H and O–H groups in total. The fraction of sp³-hybridized carbons (Fsp3) is 0.600. The van der Waals surface area contributed by atoms with Gasteiger partial charge in [0.05, 0.1) is 0 Å². The van der Waals surface area contributed by atoms with E-state index in [2.05, 4.69) is 15.1 Å². The number of hydrogen-bond acceptors (Lipinski definition) is 6. The fourth-order valence-electron chi connectivity index (χ4n) is 2.31. The van der Waals surface area contributed by atoms with Gasteiger partial charge >= 0.3 is 6.09 Å². The van der Waals surface area contributed by atoms with Crippen LogP contribution in [0.1, 0.15) is 33.4 Å². The van der Waals surface area contributed by atoms with Crippen molar-refractivity contribution in [2.75, 3.05) is 24.5 Å². The monoisotopic (exact) mass is 303 g/mol. The van der Waals surface area contributed by atoms with Crippen molar-refractivity contribution in [1.29, 1.82) is 5.26 Å². The summed E-state index contributed by atoms with van der Waals surface area (Å²) in [6.07, 6.45) is -0.287. The number of carbonyl (C=O) groups excluding carboxylic acids is 1. The Kier molecular flexibility index (Phi) is 4.50. The maximum atomic E-state index is 12.2. The molecule has 0 saturated carbocycles. The van der Waals surface area contributed by atoms with Crippen LogP contribution in [-0.4, -0.2) is 52.5 Å². The van der Waals surface area contributed by atoms with Crippen LogP contribution in [0.3, 0.4) is 0 Å². The van der Waals surface area contributed by atoms with Gasteiger partial charge in [0.25, 0.3) is 0 Å². The quantitative estimate of drug-likeness (QED) is 0.786. The second kappa shape index (κ2) is 6.18. The van der Waals surface area contributed by atoms with Crippen LogP contribution >= 0.6 is 0 Å². The highest BCUT2D eigenvalue weighted by Gasteiger charge is 2.31. The lowest BCUT2D eigenvalue weighted by atomic mass is 10.2. The highest BCUT2D eigenvalue weighted by molar-refractivity contribution is 5.69. The van der Waals surface area contributed by atoms with E-state index < -0.39 is 5.60 Å². The number of nitrogens with zero attached hydrogens (tertiary/aromatic N) is 5. The summed E-state index contributed by atoms with van der Waals surface area (Å²) in [4.78, 5) is 16.0. The van der Waals surface area contributed by atoms with E-state index in [0.29, 0.717) is 25.3 Å². The molecule has 7 nitrogen and oxygen atoms in total. The lowest BCUT2D eigenvalue weighted by molar-refractivity contribution is 0.0158. The number of aromatic nitrogens is 2. The Morgan fingerprint density at radius 2 is 2.09 bits per heavy atom. The summed E-state index contributed by atoms with van der Waals surface area (Å²) in [5, 5.41) is 16.6. The molecule has 1 saturated heterocycles. The Balaban J connectivity index is 2.00. The minimum Gasteiger partial charge on any atom is -0.444 e. The van der Waals surface area contributed by atoms with Crippen molar-refractivity contribution >= 4 is 11.9 Å². The van der Waals surface area contributed by atoms with E-state index in [9.17, 15) is 4.79 Å². The summed E-state index contributed by atoms with van der Waals surface area (Å²) >= 11 is 0.